The maximum Gasteiger partial charge on any atom is 0.219 e. The molecule has 28 heavy (non-hydrogen) atoms. The second kappa shape index (κ2) is 6.71. The highest BCUT2D eigenvalue weighted by Crippen LogP contribution is 2.45. The van der Waals surface area contributed by atoms with Gasteiger partial charge in [0.1, 0.15) is 5.82 Å². The number of hydrogen-bond acceptors (Lipinski definition) is 3. The quantitative estimate of drug-likeness (QED) is 0.760. The Kier molecular flexibility index (Phi) is 4.16. The van der Waals surface area contributed by atoms with Crippen LogP contribution in [-0.4, -0.2) is 45.5 Å². The number of hydrogen-bond donors (Lipinski definition) is 1. The molecule has 1 amide bonds. The zero-order valence-electron chi connectivity index (χ0n) is 15.8. The summed E-state index contributed by atoms with van der Waals surface area (Å²) in [5, 5.41) is 8.23. The van der Waals surface area contributed by atoms with E-state index in [1.807, 2.05) is 17.2 Å². The number of carbonyl (C=O) groups is 1. The maximum atomic E-state index is 13.8. The normalized spacial score (nSPS) is 24.8. The van der Waals surface area contributed by atoms with E-state index in [-0.39, 0.29) is 17.8 Å². The smallest absolute Gasteiger partial charge is 0.219 e. The third-order valence-corrected chi connectivity index (χ3v) is 6.25. The van der Waals surface area contributed by atoms with Crippen LogP contribution >= 0.6 is 0 Å². The Morgan fingerprint density at radius 2 is 2.11 bits per heavy atom. The number of benzene rings is 2. The lowest BCUT2D eigenvalue weighted by Crippen LogP contribution is -2.34. The van der Waals surface area contributed by atoms with Crippen LogP contribution in [-0.2, 0) is 11.3 Å². The average molecular weight is 378 g/mol. The summed E-state index contributed by atoms with van der Waals surface area (Å²) < 4.78 is 13.8. The first-order valence-corrected chi connectivity index (χ1v) is 9.75. The van der Waals surface area contributed by atoms with Crippen molar-refractivity contribution in [1.82, 2.24) is 20.0 Å². The zero-order chi connectivity index (χ0) is 19.3. The summed E-state index contributed by atoms with van der Waals surface area (Å²) in [6, 6.07) is 13.1. The van der Waals surface area contributed by atoms with E-state index in [2.05, 4.69) is 33.3 Å². The number of nitrogens with zero attached hydrogens (tertiary/aromatic N) is 3. The number of likely N-dealkylation sites (tertiary alicyclic amines) is 2. The number of amides is 1. The molecule has 0 unspecified atom stereocenters. The van der Waals surface area contributed by atoms with Crippen molar-refractivity contribution in [2.75, 3.05) is 19.6 Å². The number of H-pyrrole nitrogens is 1. The number of nitrogens with one attached hydrogen (secondary N) is 1. The lowest BCUT2D eigenvalue weighted by molar-refractivity contribution is -0.130. The van der Waals surface area contributed by atoms with Crippen LogP contribution in [0.1, 0.15) is 24.1 Å². The number of fused-ring (bicyclic) bond motifs is 2. The monoisotopic (exact) mass is 378 g/mol. The Balaban J connectivity index is 1.37. The molecule has 5 rings (SSSR count). The molecule has 2 saturated heterocycles. The third-order valence-electron chi connectivity index (χ3n) is 6.25. The molecule has 1 aromatic heterocycles. The van der Waals surface area contributed by atoms with Gasteiger partial charge in [-0.2, -0.15) is 5.10 Å². The van der Waals surface area contributed by atoms with Gasteiger partial charge in [-0.05, 0) is 35.2 Å². The molecule has 144 valence electrons. The summed E-state index contributed by atoms with van der Waals surface area (Å²) in [5.41, 5.74) is 3.21. The summed E-state index contributed by atoms with van der Waals surface area (Å²) >= 11 is 0. The van der Waals surface area contributed by atoms with Crippen LogP contribution in [0.4, 0.5) is 4.39 Å². The largest absolute Gasteiger partial charge is 0.335 e. The number of carbonyl (C=O) groups excluding carboxylic acids is 1. The molecule has 0 aliphatic carbocycles. The van der Waals surface area contributed by atoms with Crippen molar-refractivity contribution in [3.05, 3.63) is 65.6 Å². The molecule has 5 nitrogen and oxygen atoms in total. The molecule has 1 N–H and O–H groups in total. The third kappa shape index (κ3) is 2.98. The van der Waals surface area contributed by atoms with Crippen molar-refractivity contribution >= 4 is 16.8 Å². The molecule has 2 aliphatic rings. The molecule has 6 heteroatoms. The van der Waals surface area contributed by atoms with Crippen molar-refractivity contribution in [1.29, 1.82) is 0 Å². The van der Waals surface area contributed by atoms with E-state index in [1.54, 1.807) is 19.1 Å². The summed E-state index contributed by atoms with van der Waals surface area (Å²) in [4.78, 5) is 16.6. The van der Waals surface area contributed by atoms with Crippen LogP contribution < -0.4 is 0 Å². The van der Waals surface area contributed by atoms with Crippen LogP contribution in [0, 0.1) is 17.7 Å². The lowest BCUT2D eigenvalue weighted by Gasteiger charge is -2.29. The lowest BCUT2D eigenvalue weighted by atomic mass is 9.89. The van der Waals surface area contributed by atoms with Crippen molar-refractivity contribution in [2.24, 2.45) is 11.8 Å². The van der Waals surface area contributed by atoms with Gasteiger partial charge in [0.05, 0.1) is 17.8 Å². The molecule has 0 radical (unpaired) electrons. The van der Waals surface area contributed by atoms with Crippen molar-refractivity contribution < 1.29 is 9.18 Å². The number of halogens is 1. The zero-order valence-corrected chi connectivity index (χ0v) is 15.8. The first kappa shape index (κ1) is 17.4. The van der Waals surface area contributed by atoms with Gasteiger partial charge < -0.3 is 4.90 Å². The van der Waals surface area contributed by atoms with Crippen LogP contribution in [0.5, 0.6) is 0 Å². The van der Waals surface area contributed by atoms with Crippen LogP contribution in [0.3, 0.4) is 0 Å². The minimum absolute atomic E-state index is 0.0433. The van der Waals surface area contributed by atoms with E-state index in [4.69, 9.17) is 0 Å². The van der Waals surface area contributed by atoms with Crippen LogP contribution in [0.15, 0.2) is 48.7 Å². The van der Waals surface area contributed by atoms with Crippen molar-refractivity contribution in [3.8, 4) is 0 Å². The highest BCUT2D eigenvalue weighted by atomic mass is 19.1. The van der Waals surface area contributed by atoms with E-state index < -0.39 is 0 Å². The second-order valence-electron chi connectivity index (χ2n) is 8.08. The van der Waals surface area contributed by atoms with E-state index >= 15 is 0 Å². The topological polar surface area (TPSA) is 52.2 Å². The standard InChI is InChI=1S/C22H23FN4O/c1-14(28)27-12-18-11-26(10-15-5-6-17-9-24-25-21(17)7-15)13-20(18)22(27)16-3-2-4-19(23)8-16/h2-9,18,20,22H,10-13H2,1H3,(H,24,25)/t18-,20-,22+/m1/s1. The van der Waals surface area contributed by atoms with E-state index in [0.717, 1.165) is 42.6 Å². The highest BCUT2D eigenvalue weighted by molar-refractivity contribution is 5.78. The van der Waals surface area contributed by atoms with Crippen molar-refractivity contribution in [3.63, 3.8) is 0 Å². The van der Waals surface area contributed by atoms with Gasteiger partial charge in [0, 0.05) is 44.4 Å². The van der Waals surface area contributed by atoms with Gasteiger partial charge in [-0.15, -0.1) is 0 Å². The van der Waals surface area contributed by atoms with Crippen LogP contribution in [0.25, 0.3) is 10.9 Å². The molecular formula is C22H23FN4O. The molecule has 0 spiro atoms. The van der Waals surface area contributed by atoms with Crippen molar-refractivity contribution in [2.45, 2.75) is 19.5 Å². The molecule has 2 aliphatic heterocycles. The van der Waals surface area contributed by atoms with E-state index in [0.29, 0.717) is 11.8 Å². The Bertz CT molecular complexity index is 1030. The van der Waals surface area contributed by atoms with Gasteiger partial charge in [0.2, 0.25) is 5.91 Å². The maximum absolute atomic E-state index is 13.8. The van der Waals surface area contributed by atoms with Gasteiger partial charge in [-0.25, -0.2) is 4.39 Å². The number of aromatic nitrogens is 2. The van der Waals surface area contributed by atoms with E-state index in [9.17, 15) is 9.18 Å². The predicted octanol–water partition coefficient (Wildman–Crippen LogP) is 3.35. The van der Waals surface area contributed by atoms with Gasteiger partial charge in [-0.1, -0.05) is 24.3 Å². The predicted molar refractivity (Wildman–Crippen MR) is 105 cm³/mol. The fourth-order valence-corrected chi connectivity index (χ4v) is 5.05. The summed E-state index contributed by atoms with van der Waals surface area (Å²) in [6.07, 6.45) is 1.83. The van der Waals surface area contributed by atoms with Gasteiger partial charge in [0.25, 0.3) is 0 Å². The molecule has 2 aromatic carbocycles. The Morgan fingerprint density at radius 1 is 1.21 bits per heavy atom. The van der Waals surface area contributed by atoms with Gasteiger partial charge in [-0.3, -0.25) is 14.8 Å². The SMILES string of the molecule is CC(=O)N1C[C@H]2CN(Cc3ccc4cn[nH]c4c3)C[C@H]2[C@@H]1c1cccc(F)c1. The minimum Gasteiger partial charge on any atom is -0.335 e. The Labute approximate surface area is 163 Å². The fourth-order valence-electron chi connectivity index (χ4n) is 5.05. The number of aromatic amines is 1. The minimum atomic E-state index is -0.243. The molecule has 2 fully saturated rings. The van der Waals surface area contributed by atoms with E-state index in [1.165, 1.54) is 11.6 Å². The first-order valence-electron chi connectivity index (χ1n) is 9.75. The van der Waals surface area contributed by atoms with Gasteiger partial charge >= 0.3 is 0 Å². The summed E-state index contributed by atoms with van der Waals surface area (Å²) in [6.45, 7) is 5.11. The molecule has 3 atom stereocenters. The molecule has 0 bridgehead atoms. The highest BCUT2D eigenvalue weighted by Gasteiger charge is 2.48. The Morgan fingerprint density at radius 3 is 2.93 bits per heavy atom. The van der Waals surface area contributed by atoms with Gasteiger partial charge in [0.15, 0.2) is 0 Å². The Hall–Kier alpha value is -2.73. The molecule has 3 aromatic rings. The molecule has 3 heterocycles. The summed E-state index contributed by atoms with van der Waals surface area (Å²) in [5.74, 6) is 0.585. The second-order valence-corrected chi connectivity index (χ2v) is 8.08. The average Bonchev–Trinajstić information content (AvgIpc) is 3.35. The molecular weight excluding hydrogens is 355 g/mol. The summed E-state index contributed by atoms with van der Waals surface area (Å²) in [7, 11) is 0. The first-order chi connectivity index (χ1) is 13.6. The molecule has 0 saturated carbocycles. The van der Waals surface area contributed by atoms with Crippen LogP contribution in [0.2, 0.25) is 0 Å². The number of rotatable bonds is 3. The fraction of sp³-hybridized carbons (Fsp3) is 0.364.